The summed E-state index contributed by atoms with van der Waals surface area (Å²) in [6.07, 6.45) is 35.2. The smallest absolute Gasteiger partial charge is 0.0366 e. The predicted octanol–water partition coefficient (Wildman–Crippen LogP) is 12.5. The third kappa shape index (κ3) is 20.6. The molecule has 1 aromatic carbocycles. The molecular formula is C36H67N. The average molecular weight is 514 g/mol. The van der Waals surface area contributed by atoms with Crippen molar-refractivity contribution in [3.8, 4) is 0 Å². The minimum atomic E-state index is 1.23. The molecule has 0 radical (unpaired) electrons. The van der Waals surface area contributed by atoms with Crippen molar-refractivity contribution >= 4 is 5.69 Å². The van der Waals surface area contributed by atoms with Crippen molar-refractivity contribution in [2.75, 3.05) is 18.0 Å². The monoisotopic (exact) mass is 514 g/mol. The second-order valence-electron chi connectivity index (χ2n) is 11.8. The Labute approximate surface area is 234 Å². The third-order valence-electron chi connectivity index (χ3n) is 8.18. The van der Waals surface area contributed by atoms with Gasteiger partial charge >= 0.3 is 0 Å². The van der Waals surface area contributed by atoms with E-state index in [1.165, 1.54) is 185 Å². The van der Waals surface area contributed by atoms with E-state index in [-0.39, 0.29) is 0 Å². The predicted molar refractivity (Wildman–Crippen MR) is 170 cm³/mol. The van der Waals surface area contributed by atoms with Gasteiger partial charge in [-0.3, -0.25) is 0 Å². The van der Waals surface area contributed by atoms with Crippen molar-refractivity contribution < 1.29 is 0 Å². The molecule has 0 aliphatic heterocycles. The van der Waals surface area contributed by atoms with Gasteiger partial charge in [0.05, 0.1) is 0 Å². The van der Waals surface area contributed by atoms with Crippen LogP contribution >= 0.6 is 0 Å². The topological polar surface area (TPSA) is 3.24 Å². The molecule has 0 aliphatic rings. The maximum atomic E-state index is 2.70. The maximum Gasteiger partial charge on any atom is 0.0366 e. The molecule has 216 valence electrons. The highest BCUT2D eigenvalue weighted by Gasteiger charge is 2.07. The Hall–Kier alpha value is -0.980. The number of unbranched alkanes of at least 4 members (excludes halogenated alkanes) is 21. The Morgan fingerprint density at radius 2 is 0.703 bits per heavy atom. The lowest BCUT2D eigenvalue weighted by Gasteiger charge is -2.25. The highest BCUT2D eigenvalue weighted by atomic mass is 15.1. The SMILES string of the molecule is CCCCCCCCCCCCCN(CCCCCCCCCCCCC)c1ccc(CCCC)cc1. The molecule has 0 heterocycles. The first-order chi connectivity index (χ1) is 18.3. The van der Waals surface area contributed by atoms with Crippen molar-refractivity contribution in [1.82, 2.24) is 0 Å². The fourth-order valence-electron chi connectivity index (χ4n) is 5.56. The molecule has 1 heteroatoms. The summed E-state index contributed by atoms with van der Waals surface area (Å²) in [4.78, 5) is 2.70. The number of nitrogens with zero attached hydrogens (tertiary/aromatic N) is 1. The summed E-state index contributed by atoms with van der Waals surface area (Å²) in [5, 5.41) is 0. The van der Waals surface area contributed by atoms with E-state index < -0.39 is 0 Å². The van der Waals surface area contributed by atoms with Gasteiger partial charge in [-0.25, -0.2) is 0 Å². The molecule has 0 saturated heterocycles. The standard InChI is InChI=1S/C36H67N/c1-4-7-10-12-14-16-18-20-22-24-26-33-37(36-31-29-35(30-32-36)28-9-6-3)34-27-25-23-21-19-17-15-13-11-8-5-2/h29-32H,4-28,33-34H2,1-3H3. The Morgan fingerprint density at radius 3 is 1.05 bits per heavy atom. The Morgan fingerprint density at radius 1 is 0.378 bits per heavy atom. The van der Waals surface area contributed by atoms with E-state index in [0.29, 0.717) is 0 Å². The Bertz CT molecular complexity index is 537. The first kappa shape index (κ1) is 34.0. The highest BCUT2D eigenvalue weighted by molar-refractivity contribution is 5.47. The third-order valence-corrected chi connectivity index (χ3v) is 8.18. The molecule has 0 aliphatic carbocycles. The normalized spacial score (nSPS) is 11.3. The minimum Gasteiger partial charge on any atom is -0.372 e. The zero-order valence-corrected chi connectivity index (χ0v) is 25.8. The zero-order valence-electron chi connectivity index (χ0n) is 25.8. The summed E-state index contributed by atoms with van der Waals surface area (Å²) in [5.74, 6) is 0. The van der Waals surface area contributed by atoms with Crippen LogP contribution in [0, 0.1) is 0 Å². The van der Waals surface area contributed by atoms with Crippen molar-refractivity contribution in [2.24, 2.45) is 0 Å². The van der Waals surface area contributed by atoms with E-state index in [1.807, 2.05) is 0 Å². The number of hydrogen-bond donors (Lipinski definition) is 0. The number of benzene rings is 1. The molecule has 0 aromatic heterocycles. The van der Waals surface area contributed by atoms with E-state index in [4.69, 9.17) is 0 Å². The molecule has 0 saturated carbocycles. The molecule has 37 heavy (non-hydrogen) atoms. The van der Waals surface area contributed by atoms with Crippen LogP contribution in [0.4, 0.5) is 5.69 Å². The quantitative estimate of drug-likeness (QED) is 0.101. The number of anilines is 1. The molecule has 0 bridgehead atoms. The lowest BCUT2D eigenvalue weighted by Crippen LogP contribution is -2.25. The number of hydrogen-bond acceptors (Lipinski definition) is 1. The van der Waals surface area contributed by atoms with Crippen LogP contribution in [0.2, 0.25) is 0 Å². The van der Waals surface area contributed by atoms with Gasteiger partial charge in [-0.1, -0.05) is 168 Å². The van der Waals surface area contributed by atoms with E-state index in [0.717, 1.165) is 0 Å². The summed E-state index contributed by atoms with van der Waals surface area (Å²) in [6, 6.07) is 9.59. The van der Waals surface area contributed by atoms with Gasteiger partial charge in [0.25, 0.3) is 0 Å². The summed E-state index contributed by atoms with van der Waals surface area (Å²) in [7, 11) is 0. The first-order valence-electron chi connectivity index (χ1n) is 17.2. The van der Waals surface area contributed by atoms with Gasteiger partial charge in [-0.2, -0.15) is 0 Å². The molecular weight excluding hydrogens is 446 g/mol. The van der Waals surface area contributed by atoms with Gasteiger partial charge in [0, 0.05) is 18.8 Å². The minimum absolute atomic E-state index is 1.23. The Kier molecular flexibility index (Phi) is 24.5. The lowest BCUT2D eigenvalue weighted by molar-refractivity contribution is 0.538. The van der Waals surface area contributed by atoms with Crippen LogP contribution in [0.3, 0.4) is 0 Å². The van der Waals surface area contributed by atoms with Crippen molar-refractivity contribution in [1.29, 1.82) is 0 Å². The van der Waals surface area contributed by atoms with Gasteiger partial charge in [0.1, 0.15) is 0 Å². The van der Waals surface area contributed by atoms with Crippen molar-refractivity contribution in [2.45, 2.75) is 181 Å². The van der Waals surface area contributed by atoms with Crippen LogP contribution in [0.15, 0.2) is 24.3 Å². The van der Waals surface area contributed by atoms with Crippen LogP contribution in [-0.4, -0.2) is 13.1 Å². The summed E-state index contributed by atoms with van der Waals surface area (Å²) in [5.41, 5.74) is 2.97. The first-order valence-corrected chi connectivity index (χ1v) is 17.2. The van der Waals surface area contributed by atoms with Gasteiger partial charge in [-0.05, 0) is 43.4 Å². The second-order valence-corrected chi connectivity index (χ2v) is 11.8. The summed E-state index contributed by atoms with van der Waals surface area (Å²) in [6.45, 7) is 9.38. The molecule has 0 unspecified atom stereocenters. The van der Waals surface area contributed by atoms with Crippen LogP contribution in [-0.2, 0) is 6.42 Å². The molecule has 1 nitrogen and oxygen atoms in total. The zero-order chi connectivity index (χ0) is 26.7. The molecule has 0 N–H and O–H groups in total. The van der Waals surface area contributed by atoms with Crippen molar-refractivity contribution in [3.05, 3.63) is 29.8 Å². The van der Waals surface area contributed by atoms with Crippen LogP contribution in [0.1, 0.15) is 180 Å². The fraction of sp³-hybridized carbons (Fsp3) is 0.833. The summed E-state index contributed by atoms with van der Waals surface area (Å²) >= 11 is 0. The Balaban J connectivity index is 2.26. The van der Waals surface area contributed by atoms with E-state index >= 15 is 0 Å². The lowest BCUT2D eigenvalue weighted by atomic mass is 10.0. The molecule has 1 aromatic rings. The van der Waals surface area contributed by atoms with Crippen LogP contribution in [0.5, 0.6) is 0 Å². The fourth-order valence-corrected chi connectivity index (χ4v) is 5.56. The molecule has 0 spiro atoms. The molecule has 0 fully saturated rings. The van der Waals surface area contributed by atoms with Crippen LogP contribution < -0.4 is 4.90 Å². The molecule has 0 amide bonds. The second kappa shape index (κ2) is 26.6. The van der Waals surface area contributed by atoms with Crippen LogP contribution in [0.25, 0.3) is 0 Å². The van der Waals surface area contributed by atoms with Gasteiger partial charge in [0.2, 0.25) is 0 Å². The van der Waals surface area contributed by atoms with Gasteiger partial charge < -0.3 is 4.90 Å². The van der Waals surface area contributed by atoms with Gasteiger partial charge in [0.15, 0.2) is 0 Å². The van der Waals surface area contributed by atoms with Crippen molar-refractivity contribution in [3.63, 3.8) is 0 Å². The van der Waals surface area contributed by atoms with E-state index in [9.17, 15) is 0 Å². The highest BCUT2D eigenvalue weighted by Crippen LogP contribution is 2.20. The number of rotatable bonds is 28. The largest absolute Gasteiger partial charge is 0.372 e. The van der Waals surface area contributed by atoms with Gasteiger partial charge in [-0.15, -0.1) is 0 Å². The van der Waals surface area contributed by atoms with E-state index in [2.05, 4.69) is 49.9 Å². The van der Waals surface area contributed by atoms with E-state index in [1.54, 1.807) is 0 Å². The molecule has 0 atom stereocenters. The molecule has 1 rings (SSSR count). The summed E-state index contributed by atoms with van der Waals surface area (Å²) < 4.78 is 0. The average Bonchev–Trinajstić information content (AvgIpc) is 2.92. The maximum absolute atomic E-state index is 2.70. The number of aryl methyl sites for hydroxylation is 1.